The summed E-state index contributed by atoms with van der Waals surface area (Å²) in [7, 11) is 0. The molecule has 0 amide bonds. The SMILES string of the molecule is CC(C)CC(=O)Cn1c(-c2cccc(C#N)c2)nn(-c2ccc(Br)cc2)c1=O. The Kier molecular flexibility index (Phi) is 5.90. The van der Waals surface area contributed by atoms with Crippen LogP contribution in [0.1, 0.15) is 25.8 Å². The lowest BCUT2D eigenvalue weighted by molar-refractivity contribution is -0.120. The van der Waals surface area contributed by atoms with E-state index < -0.39 is 5.69 Å². The van der Waals surface area contributed by atoms with Crippen molar-refractivity contribution in [1.82, 2.24) is 14.3 Å². The van der Waals surface area contributed by atoms with E-state index in [1.165, 1.54) is 9.25 Å². The number of rotatable bonds is 6. The molecular weight excluding hydrogens is 420 g/mol. The topological polar surface area (TPSA) is 80.7 Å². The van der Waals surface area contributed by atoms with Crippen LogP contribution in [0.15, 0.2) is 57.8 Å². The van der Waals surface area contributed by atoms with Gasteiger partial charge in [-0.3, -0.25) is 9.36 Å². The van der Waals surface area contributed by atoms with E-state index >= 15 is 0 Å². The zero-order valence-corrected chi connectivity index (χ0v) is 17.2. The number of Topliss-reactive ketones (excluding diaryl/α,β-unsaturated/α-hetero) is 1. The highest BCUT2D eigenvalue weighted by Gasteiger charge is 2.19. The highest BCUT2D eigenvalue weighted by atomic mass is 79.9. The van der Waals surface area contributed by atoms with Gasteiger partial charge >= 0.3 is 5.69 Å². The van der Waals surface area contributed by atoms with Crippen molar-refractivity contribution in [3.05, 3.63) is 69.1 Å². The minimum absolute atomic E-state index is 0.0369. The maximum absolute atomic E-state index is 13.1. The van der Waals surface area contributed by atoms with Crippen LogP contribution in [0.3, 0.4) is 0 Å². The lowest BCUT2D eigenvalue weighted by atomic mass is 10.1. The second-order valence-corrected chi connectivity index (χ2v) is 7.83. The van der Waals surface area contributed by atoms with E-state index in [-0.39, 0.29) is 18.2 Å². The van der Waals surface area contributed by atoms with Gasteiger partial charge in [-0.1, -0.05) is 41.9 Å². The van der Waals surface area contributed by atoms with Crippen LogP contribution in [0.25, 0.3) is 17.1 Å². The molecular formula is C21H19BrN4O2. The summed E-state index contributed by atoms with van der Waals surface area (Å²) in [6, 6.07) is 16.1. The fourth-order valence-electron chi connectivity index (χ4n) is 2.93. The van der Waals surface area contributed by atoms with Gasteiger partial charge in [0.15, 0.2) is 11.6 Å². The predicted octanol–water partition coefficient (Wildman–Crippen LogP) is 3.95. The first kappa shape index (κ1) is 19.8. The Morgan fingerprint density at radius 3 is 2.57 bits per heavy atom. The molecule has 3 rings (SSSR count). The molecule has 0 unspecified atom stereocenters. The van der Waals surface area contributed by atoms with Crippen molar-refractivity contribution in [2.75, 3.05) is 0 Å². The molecule has 0 bridgehead atoms. The Morgan fingerprint density at radius 1 is 1.21 bits per heavy atom. The van der Waals surface area contributed by atoms with E-state index in [4.69, 9.17) is 0 Å². The molecule has 142 valence electrons. The summed E-state index contributed by atoms with van der Waals surface area (Å²) < 4.78 is 3.55. The van der Waals surface area contributed by atoms with Crippen molar-refractivity contribution in [3.8, 4) is 23.1 Å². The molecule has 0 aliphatic carbocycles. The minimum Gasteiger partial charge on any atom is -0.298 e. The average molecular weight is 439 g/mol. The Hall–Kier alpha value is -2.98. The molecule has 0 saturated carbocycles. The van der Waals surface area contributed by atoms with Crippen LogP contribution in [0.5, 0.6) is 0 Å². The number of hydrogen-bond donors (Lipinski definition) is 0. The van der Waals surface area contributed by atoms with Gasteiger partial charge in [-0.05, 0) is 42.3 Å². The van der Waals surface area contributed by atoms with E-state index in [9.17, 15) is 14.9 Å². The van der Waals surface area contributed by atoms with Crippen LogP contribution in [-0.4, -0.2) is 20.1 Å². The van der Waals surface area contributed by atoms with Crippen molar-refractivity contribution < 1.29 is 4.79 Å². The van der Waals surface area contributed by atoms with E-state index in [1.54, 1.807) is 36.4 Å². The lowest BCUT2D eigenvalue weighted by Crippen LogP contribution is -2.27. The number of nitriles is 1. The van der Waals surface area contributed by atoms with Crippen LogP contribution >= 0.6 is 15.9 Å². The zero-order chi connectivity index (χ0) is 20.3. The largest absolute Gasteiger partial charge is 0.351 e. The number of hydrogen-bond acceptors (Lipinski definition) is 4. The van der Waals surface area contributed by atoms with Gasteiger partial charge < -0.3 is 0 Å². The Labute approximate surface area is 171 Å². The van der Waals surface area contributed by atoms with E-state index in [2.05, 4.69) is 27.1 Å². The molecule has 0 spiro atoms. The zero-order valence-electron chi connectivity index (χ0n) is 15.6. The summed E-state index contributed by atoms with van der Waals surface area (Å²) in [5.74, 6) is 0.530. The average Bonchev–Trinajstić information content (AvgIpc) is 2.98. The molecule has 6 nitrogen and oxygen atoms in total. The summed E-state index contributed by atoms with van der Waals surface area (Å²) in [6.07, 6.45) is 0.383. The maximum Gasteiger partial charge on any atom is 0.351 e. The molecule has 7 heteroatoms. The Bertz CT molecular complexity index is 1100. The minimum atomic E-state index is -0.392. The standard InChI is InChI=1S/C21H19BrN4O2/c1-14(2)10-19(27)13-25-20(16-5-3-4-15(11-16)12-23)24-26(21(25)28)18-8-6-17(22)7-9-18/h3-9,11,14H,10,13H2,1-2H3. The van der Waals surface area contributed by atoms with E-state index in [0.717, 1.165) is 4.47 Å². The summed E-state index contributed by atoms with van der Waals surface area (Å²) in [5.41, 5.74) is 1.28. The third-order valence-electron chi connectivity index (χ3n) is 4.15. The first-order valence-electron chi connectivity index (χ1n) is 8.87. The maximum atomic E-state index is 13.1. The highest BCUT2D eigenvalue weighted by Crippen LogP contribution is 2.20. The number of halogens is 1. The molecule has 0 aliphatic heterocycles. The molecule has 1 aromatic heterocycles. The van der Waals surface area contributed by atoms with Crippen molar-refractivity contribution in [3.63, 3.8) is 0 Å². The van der Waals surface area contributed by atoms with Crippen molar-refractivity contribution in [2.24, 2.45) is 5.92 Å². The van der Waals surface area contributed by atoms with Crippen molar-refractivity contribution in [1.29, 1.82) is 5.26 Å². The fraction of sp³-hybridized carbons (Fsp3) is 0.238. The normalized spacial score (nSPS) is 10.8. The van der Waals surface area contributed by atoms with Gasteiger partial charge in [0.25, 0.3) is 0 Å². The van der Waals surface area contributed by atoms with E-state index in [0.29, 0.717) is 29.1 Å². The van der Waals surface area contributed by atoms with Gasteiger partial charge in [-0.25, -0.2) is 4.79 Å². The number of carbonyl (C=O) groups is 1. The molecule has 0 fully saturated rings. The van der Waals surface area contributed by atoms with Gasteiger partial charge in [-0.2, -0.15) is 9.94 Å². The highest BCUT2D eigenvalue weighted by molar-refractivity contribution is 9.10. The van der Waals surface area contributed by atoms with Crippen LogP contribution in [0.2, 0.25) is 0 Å². The number of nitrogens with zero attached hydrogens (tertiary/aromatic N) is 4. The molecule has 0 radical (unpaired) electrons. The van der Waals surface area contributed by atoms with Crippen LogP contribution in [-0.2, 0) is 11.3 Å². The molecule has 28 heavy (non-hydrogen) atoms. The molecule has 1 heterocycles. The van der Waals surface area contributed by atoms with Gasteiger partial charge in [0.05, 0.1) is 23.9 Å². The summed E-state index contributed by atoms with van der Waals surface area (Å²) >= 11 is 3.38. The number of ketones is 1. The van der Waals surface area contributed by atoms with E-state index in [1.807, 2.05) is 26.0 Å². The third kappa shape index (κ3) is 4.29. The quantitative estimate of drug-likeness (QED) is 0.583. The van der Waals surface area contributed by atoms with Gasteiger partial charge in [0.1, 0.15) is 0 Å². The third-order valence-corrected chi connectivity index (χ3v) is 4.68. The monoisotopic (exact) mass is 438 g/mol. The molecule has 3 aromatic rings. The summed E-state index contributed by atoms with van der Waals surface area (Å²) in [6.45, 7) is 3.87. The van der Waals surface area contributed by atoms with Crippen LogP contribution in [0.4, 0.5) is 0 Å². The summed E-state index contributed by atoms with van der Waals surface area (Å²) in [4.78, 5) is 25.5. The first-order valence-corrected chi connectivity index (χ1v) is 9.66. The van der Waals surface area contributed by atoms with Gasteiger partial charge in [0, 0.05) is 16.5 Å². The second-order valence-electron chi connectivity index (χ2n) is 6.91. The van der Waals surface area contributed by atoms with Gasteiger partial charge in [0.2, 0.25) is 0 Å². The van der Waals surface area contributed by atoms with Crippen molar-refractivity contribution >= 4 is 21.7 Å². The Balaban J connectivity index is 2.14. The molecule has 0 aliphatic rings. The predicted molar refractivity (Wildman–Crippen MR) is 110 cm³/mol. The number of benzene rings is 2. The molecule has 0 N–H and O–H groups in total. The molecule has 2 aromatic carbocycles. The van der Waals surface area contributed by atoms with Crippen LogP contribution < -0.4 is 5.69 Å². The van der Waals surface area contributed by atoms with Crippen molar-refractivity contribution in [2.45, 2.75) is 26.8 Å². The second kappa shape index (κ2) is 8.36. The molecule has 0 atom stereocenters. The lowest BCUT2D eigenvalue weighted by Gasteiger charge is -2.07. The summed E-state index contributed by atoms with van der Waals surface area (Å²) in [5, 5.41) is 13.7. The first-order chi connectivity index (χ1) is 13.4. The smallest absolute Gasteiger partial charge is 0.298 e. The Morgan fingerprint density at radius 2 is 1.93 bits per heavy atom. The fourth-order valence-corrected chi connectivity index (χ4v) is 3.19. The van der Waals surface area contributed by atoms with Gasteiger partial charge in [-0.15, -0.1) is 5.10 Å². The number of carbonyl (C=O) groups excluding carboxylic acids is 1. The van der Waals surface area contributed by atoms with Crippen LogP contribution in [0, 0.1) is 17.2 Å². The molecule has 0 saturated heterocycles. The number of aromatic nitrogens is 3.